The Morgan fingerprint density at radius 2 is 2.13 bits per heavy atom. The van der Waals surface area contributed by atoms with Crippen molar-refractivity contribution in [2.24, 2.45) is 0 Å². The fourth-order valence-electron chi connectivity index (χ4n) is 3.37. The van der Waals surface area contributed by atoms with Gasteiger partial charge in [-0.05, 0) is 44.2 Å². The van der Waals surface area contributed by atoms with Gasteiger partial charge in [-0.25, -0.2) is 14.8 Å². The molecule has 1 amide bonds. The van der Waals surface area contributed by atoms with Crippen LogP contribution in [-0.2, 0) is 6.54 Å². The molecule has 0 aliphatic heterocycles. The molecule has 3 heterocycles. The van der Waals surface area contributed by atoms with E-state index in [0.29, 0.717) is 29.9 Å². The number of amides is 1. The summed E-state index contributed by atoms with van der Waals surface area (Å²) in [5, 5.41) is 13.9. The van der Waals surface area contributed by atoms with Crippen LogP contribution in [0.2, 0.25) is 0 Å². The van der Waals surface area contributed by atoms with Crippen molar-refractivity contribution in [3.63, 3.8) is 0 Å². The van der Waals surface area contributed by atoms with Crippen molar-refractivity contribution in [3.8, 4) is 11.6 Å². The van der Waals surface area contributed by atoms with Crippen molar-refractivity contribution in [2.75, 3.05) is 12.4 Å². The van der Waals surface area contributed by atoms with Gasteiger partial charge in [0.2, 0.25) is 5.88 Å². The van der Waals surface area contributed by atoms with Crippen molar-refractivity contribution < 1.29 is 9.53 Å². The minimum atomic E-state index is -0.264. The molecular formula is C21H21N7O2. The Kier molecular flexibility index (Phi) is 4.64. The van der Waals surface area contributed by atoms with Gasteiger partial charge in [0.15, 0.2) is 5.82 Å². The molecule has 0 radical (unpaired) electrons. The summed E-state index contributed by atoms with van der Waals surface area (Å²) in [7, 11) is 1.86. The first-order valence-corrected chi connectivity index (χ1v) is 9.81. The summed E-state index contributed by atoms with van der Waals surface area (Å²) in [5.41, 5.74) is 2.69. The molecule has 1 aliphatic rings. The van der Waals surface area contributed by atoms with Gasteiger partial charge in [-0.15, -0.1) is 0 Å². The molecule has 0 atom stereocenters. The van der Waals surface area contributed by atoms with Crippen LogP contribution in [-0.4, -0.2) is 37.8 Å². The molecule has 0 unspecified atom stereocenters. The van der Waals surface area contributed by atoms with E-state index in [2.05, 4.69) is 30.8 Å². The van der Waals surface area contributed by atoms with Gasteiger partial charge in [-0.3, -0.25) is 15.0 Å². The minimum Gasteiger partial charge on any atom is -0.439 e. The number of benzene rings is 1. The third-order valence-corrected chi connectivity index (χ3v) is 5.01. The van der Waals surface area contributed by atoms with E-state index in [1.165, 1.54) is 19.2 Å². The average molecular weight is 403 g/mol. The maximum absolute atomic E-state index is 12.7. The van der Waals surface area contributed by atoms with Crippen LogP contribution in [0.5, 0.6) is 11.6 Å². The number of nitrogens with zero attached hydrogens (tertiary/aromatic N) is 4. The smallest absolute Gasteiger partial charge is 0.331 e. The monoisotopic (exact) mass is 403 g/mol. The summed E-state index contributed by atoms with van der Waals surface area (Å²) >= 11 is 0. The number of H-pyrrole nitrogens is 1. The molecule has 4 aromatic rings. The number of carbonyl (C=O) groups is 1. The molecule has 5 rings (SSSR count). The van der Waals surface area contributed by atoms with Crippen molar-refractivity contribution in [3.05, 3.63) is 60.3 Å². The molecule has 1 aliphatic carbocycles. The number of nitrogens with one attached hydrogen (secondary N) is 3. The predicted octanol–water partition coefficient (Wildman–Crippen LogP) is 3.62. The van der Waals surface area contributed by atoms with Crippen LogP contribution in [0, 0.1) is 0 Å². The summed E-state index contributed by atoms with van der Waals surface area (Å²) in [6, 6.07) is 10.8. The van der Waals surface area contributed by atoms with E-state index in [0.717, 1.165) is 22.3 Å². The summed E-state index contributed by atoms with van der Waals surface area (Å²) < 4.78 is 7.42. The number of ether oxygens (including phenoxy) is 1. The molecule has 3 aromatic heterocycles. The van der Waals surface area contributed by atoms with Gasteiger partial charge in [0.1, 0.15) is 12.1 Å². The van der Waals surface area contributed by atoms with Crippen LogP contribution < -0.4 is 15.4 Å². The molecule has 0 bridgehead atoms. The number of carbonyl (C=O) groups excluding carboxylic acids is 1. The lowest BCUT2D eigenvalue weighted by Gasteiger charge is -2.07. The highest BCUT2D eigenvalue weighted by atomic mass is 16.5. The van der Waals surface area contributed by atoms with Gasteiger partial charge in [-0.2, -0.15) is 5.10 Å². The maximum atomic E-state index is 12.7. The van der Waals surface area contributed by atoms with Gasteiger partial charge in [0.05, 0.1) is 11.2 Å². The Labute approximate surface area is 172 Å². The van der Waals surface area contributed by atoms with Crippen molar-refractivity contribution in [1.82, 2.24) is 30.0 Å². The summed E-state index contributed by atoms with van der Waals surface area (Å²) in [4.78, 5) is 21.0. The predicted molar refractivity (Wildman–Crippen MR) is 112 cm³/mol. The van der Waals surface area contributed by atoms with Crippen molar-refractivity contribution >= 4 is 22.8 Å². The third-order valence-electron chi connectivity index (χ3n) is 5.01. The van der Waals surface area contributed by atoms with Crippen LogP contribution in [0.4, 0.5) is 10.6 Å². The SMILES string of the molecule is CNCc1cc(Oc2ccc3c(ccn3C(=O)Nc3cc(C4CC4)[nH]n3)c2)ncn1. The number of aromatic nitrogens is 5. The summed E-state index contributed by atoms with van der Waals surface area (Å²) in [6.45, 7) is 0.633. The lowest BCUT2D eigenvalue weighted by molar-refractivity contribution is 0.254. The number of anilines is 1. The zero-order chi connectivity index (χ0) is 20.5. The summed E-state index contributed by atoms with van der Waals surface area (Å²) in [6.07, 6.45) is 5.56. The quantitative estimate of drug-likeness (QED) is 0.454. The first-order chi connectivity index (χ1) is 14.7. The number of hydrogen-bond acceptors (Lipinski definition) is 6. The van der Waals surface area contributed by atoms with E-state index in [9.17, 15) is 4.79 Å². The van der Waals surface area contributed by atoms with Gasteiger partial charge >= 0.3 is 6.03 Å². The fraction of sp³-hybridized carbons (Fsp3) is 0.238. The Morgan fingerprint density at radius 3 is 2.97 bits per heavy atom. The normalized spacial score (nSPS) is 13.5. The highest BCUT2D eigenvalue weighted by Gasteiger charge is 2.25. The van der Waals surface area contributed by atoms with Gasteiger partial charge in [0.25, 0.3) is 0 Å². The molecule has 9 heteroatoms. The number of rotatable bonds is 6. The average Bonchev–Trinajstić information content (AvgIpc) is 3.34. The van der Waals surface area contributed by atoms with Gasteiger partial charge in [0, 0.05) is 41.9 Å². The second kappa shape index (κ2) is 7.60. The molecule has 1 fully saturated rings. The van der Waals surface area contributed by atoms with E-state index in [1.807, 2.05) is 37.4 Å². The van der Waals surface area contributed by atoms with Crippen LogP contribution in [0.25, 0.3) is 10.9 Å². The topological polar surface area (TPSA) is 110 Å². The molecule has 0 saturated heterocycles. The number of hydrogen-bond donors (Lipinski definition) is 3. The van der Waals surface area contributed by atoms with Crippen LogP contribution in [0.15, 0.2) is 48.9 Å². The van der Waals surface area contributed by atoms with E-state index in [4.69, 9.17) is 4.74 Å². The molecule has 3 N–H and O–H groups in total. The fourth-order valence-corrected chi connectivity index (χ4v) is 3.37. The zero-order valence-corrected chi connectivity index (χ0v) is 16.4. The van der Waals surface area contributed by atoms with E-state index < -0.39 is 0 Å². The Morgan fingerprint density at radius 1 is 1.23 bits per heavy atom. The first-order valence-electron chi connectivity index (χ1n) is 9.81. The molecule has 30 heavy (non-hydrogen) atoms. The van der Waals surface area contributed by atoms with Crippen LogP contribution in [0.3, 0.4) is 0 Å². The molecular weight excluding hydrogens is 382 g/mol. The zero-order valence-electron chi connectivity index (χ0n) is 16.4. The van der Waals surface area contributed by atoms with Gasteiger partial charge in [-0.1, -0.05) is 0 Å². The molecule has 9 nitrogen and oxygen atoms in total. The lowest BCUT2D eigenvalue weighted by Crippen LogP contribution is -2.18. The second-order valence-corrected chi connectivity index (χ2v) is 7.30. The molecule has 152 valence electrons. The molecule has 0 spiro atoms. The minimum absolute atomic E-state index is 0.264. The highest BCUT2D eigenvalue weighted by molar-refractivity contribution is 5.98. The standard InChI is InChI=1S/C21H21N7O2/c1-22-11-15-9-20(24-12-23-15)30-16-4-5-18-14(8-16)6-7-28(18)21(29)25-19-10-17(26-27-19)13-2-3-13/h4-10,12-13,22H,2-3,11H2,1H3,(H2,25,26,27,29). The highest BCUT2D eigenvalue weighted by Crippen LogP contribution is 2.39. The maximum Gasteiger partial charge on any atom is 0.331 e. The Hall–Kier alpha value is -3.72. The second-order valence-electron chi connectivity index (χ2n) is 7.30. The van der Waals surface area contributed by atoms with Crippen molar-refractivity contribution in [2.45, 2.75) is 25.3 Å². The van der Waals surface area contributed by atoms with Crippen molar-refractivity contribution in [1.29, 1.82) is 0 Å². The number of fused-ring (bicyclic) bond motifs is 1. The largest absolute Gasteiger partial charge is 0.439 e. The van der Waals surface area contributed by atoms with E-state index in [-0.39, 0.29) is 6.03 Å². The van der Waals surface area contributed by atoms with Crippen LogP contribution >= 0.6 is 0 Å². The van der Waals surface area contributed by atoms with E-state index >= 15 is 0 Å². The lowest BCUT2D eigenvalue weighted by atomic mass is 10.2. The number of aromatic amines is 1. The Bertz CT molecular complexity index is 1210. The first kappa shape index (κ1) is 18.3. The Balaban J connectivity index is 1.32. The summed E-state index contributed by atoms with van der Waals surface area (Å²) in [5.74, 6) is 2.19. The van der Waals surface area contributed by atoms with Crippen LogP contribution in [0.1, 0.15) is 30.1 Å². The van der Waals surface area contributed by atoms with Gasteiger partial charge < -0.3 is 10.1 Å². The molecule has 1 saturated carbocycles. The third kappa shape index (κ3) is 3.74. The molecule has 1 aromatic carbocycles. The van der Waals surface area contributed by atoms with E-state index in [1.54, 1.807) is 16.8 Å².